The number of ether oxygens (including phenoxy) is 2. The van der Waals surface area contributed by atoms with Crippen molar-refractivity contribution in [2.24, 2.45) is 5.16 Å². The molecule has 2 aromatic rings. The Balaban J connectivity index is 1.54. The number of methoxy groups -OCH3 is 2. The Morgan fingerprint density at radius 1 is 1.16 bits per heavy atom. The van der Waals surface area contributed by atoms with E-state index in [1.807, 2.05) is 17.9 Å². The SMILES string of the molecule is COc1cc(OC)c(C2=NO[C@H](C(=O)N3CCCCC[C@H]3c3cc(C)no3)C2)cc1Cl. The molecule has 0 saturated carbocycles. The van der Waals surface area contributed by atoms with Crippen LogP contribution in [0.15, 0.2) is 27.9 Å². The van der Waals surface area contributed by atoms with Gasteiger partial charge in [-0.1, -0.05) is 34.8 Å². The molecule has 166 valence electrons. The summed E-state index contributed by atoms with van der Waals surface area (Å²) in [5.74, 6) is 1.68. The first-order chi connectivity index (χ1) is 15.0. The molecule has 0 aliphatic carbocycles. The van der Waals surface area contributed by atoms with Crippen molar-refractivity contribution < 1.29 is 23.6 Å². The van der Waals surface area contributed by atoms with Crippen molar-refractivity contribution in [3.8, 4) is 11.5 Å². The van der Waals surface area contributed by atoms with E-state index in [-0.39, 0.29) is 11.9 Å². The van der Waals surface area contributed by atoms with Crippen LogP contribution < -0.4 is 9.47 Å². The van der Waals surface area contributed by atoms with Gasteiger partial charge in [0.05, 0.1) is 36.7 Å². The van der Waals surface area contributed by atoms with E-state index in [0.717, 1.165) is 37.1 Å². The summed E-state index contributed by atoms with van der Waals surface area (Å²) < 4.78 is 16.2. The fourth-order valence-corrected chi connectivity index (χ4v) is 4.39. The molecule has 0 unspecified atom stereocenters. The molecule has 1 amide bonds. The summed E-state index contributed by atoms with van der Waals surface area (Å²) >= 11 is 6.30. The Labute approximate surface area is 186 Å². The quantitative estimate of drug-likeness (QED) is 0.679. The van der Waals surface area contributed by atoms with Gasteiger partial charge in [-0.25, -0.2) is 0 Å². The van der Waals surface area contributed by atoms with Crippen LogP contribution in [0.25, 0.3) is 0 Å². The van der Waals surface area contributed by atoms with Crippen LogP contribution in [-0.2, 0) is 9.63 Å². The number of hydrogen-bond donors (Lipinski definition) is 0. The number of oxime groups is 1. The molecular formula is C22H26ClN3O5. The number of likely N-dealkylation sites (tertiary alicyclic amines) is 1. The summed E-state index contributed by atoms with van der Waals surface area (Å²) in [7, 11) is 3.10. The predicted octanol–water partition coefficient (Wildman–Crippen LogP) is 4.29. The highest BCUT2D eigenvalue weighted by Crippen LogP contribution is 2.36. The maximum atomic E-state index is 13.4. The number of halogens is 1. The van der Waals surface area contributed by atoms with Crippen LogP contribution in [0.2, 0.25) is 5.02 Å². The highest BCUT2D eigenvalue weighted by atomic mass is 35.5. The molecule has 4 rings (SSSR count). The molecule has 1 saturated heterocycles. The van der Waals surface area contributed by atoms with E-state index >= 15 is 0 Å². The molecule has 0 radical (unpaired) electrons. The number of rotatable bonds is 5. The lowest BCUT2D eigenvalue weighted by molar-refractivity contribution is -0.145. The molecule has 8 nitrogen and oxygen atoms in total. The van der Waals surface area contributed by atoms with Crippen LogP contribution in [0.4, 0.5) is 0 Å². The summed E-state index contributed by atoms with van der Waals surface area (Å²) in [5.41, 5.74) is 2.10. The number of aryl methyl sites for hydroxylation is 1. The minimum Gasteiger partial charge on any atom is -0.496 e. The van der Waals surface area contributed by atoms with Gasteiger partial charge in [0.1, 0.15) is 11.5 Å². The second-order valence-corrected chi connectivity index (χ2v) is 8.20. The number of nitrogens with zero attached hydrogens (tertiary/aromatic N) is 3. The average molecular weight is 448 g/mol. The van der Waals surface area contributed by atoms with E-state index in [9.17, 15) is 4.79 Å². The summed E-state index contributed by atoms with van der Waals surface area (Å²) in [6, 6.07) is 5.18. The van der Waals surface area contributed by atoms with Gasteiger partial charge in [-0.2, -0.15) is 0 Å². The lowest BCUT2D eigenvalue weighted by Crippen LogP contribution is -2.41. The van der Waals surface area contributed by atoms with E-state index in [2.05, 4.69) is 10.3 Å². The van der Waals surface area contributed by atoms with Crippen molar-refractivity contribution in [1.29, 1.82) is 0 Å². The van der Waals surface area contributed by atoms with Crippen LogP contribution in [0, 0.1) is 6.92 Å². The fourth-order valence-electron chi connectivity index (χ4n) is 4.15. The Bertz CT molecular complexity index is 990. The number of carbonyl (C=O) groups is 1. The van der Waals surface area contributed by atoms with Crippen LogP contribution in [0.5, 0.6) is 11.5 Å². The van der Waals surface area contributed by atoms with Gasteiger partial charge >= 0.3 is 0 Å². The third-order valence-corrected chi connectivity index (χ3v) is 6.04. The standard InChI is InChI=1S/C22H26ClN3O5/c1-13-9-20(30-24-13)17-7-5-4-6-8-26(17)22(27)21-11-16(25-31-21)14-10-15(23)19(29-3)12-18(14)28-2/h9-10,12,17,21H,4-8,11H2,1-3H3/t17-,21-/m0/s1. The minimum absolute atomic E-state index is 0.0988. The molecule has 2 aliphatic rings. The largest absolute Gasteiger partial charge is 0.496 e. The van der Waals surface area contributed by atoms with Crippen molar-refractivity contribution in [3.63, 3.8) is 0 Å². The second-order valence-electron chi connectivity index (χ2n) is 7.79. The molecule has 0 N–H and O–H groups in total. The van der Waals surface area contributed by atoms with E-state index in [1.54, 1.807) is 26.4 Å². The van der Waals surface area contributed by atoms with Gasteiger partial charge in [0, 0.05) is 30.7 Å². The molecule has 31 heavy (non-hydrogen) atoms. The maximum absolute atomic E-state index is 13.4. The molecule has 1 aromatic heterocycles. The van der Waals surface area contributed by atoms with Crippen molar-refractivity contribution in [2.75, 3.05) is 20.8 Å². The van der Waals surface area contributed by atoms with Gasteiger partial charge in [-0.05, 0) is 25.8 Å². The van der Waals surface area contributed by atoms with Gasteiger partial charge in [0.25, 0.3) is 5.91 Å². The average Bonchev–Trinajstić information content (AvgIpc) is 3.36. The van der Waals surface area contributed by atoms with E-state index in [4.69, 9.17) is 30.4 Å². The molecule has 0 spiro atoms. The number of benzene rings is 1. The number of carbonyl (C=O) groups excluding carboxylic acids is 1. The Morgan fingerprint density at radius 3 is 2.68 bits per heavy atom. The second kappa shape index (κ2) is 9.18. The minimum atomic E-state index is -0.704. The van der Waals surface area contributed by atoms with E-state index < -0.39 is 6.10 Å². The molecular weight excluding hydrogens is 422 g/mol. The van der Waals surface area contributed by atoms with E-state index in [0.29, 0.717) is 40.8 Å². The predicted molar refractivity (Wildman–Crippen MR) is 115 cm³/mol. The van der Waals surface area contributed by atoms with Crippen LogP contribution in [0.1, 0.15) is 55.2 Å². The Kier molecular flexibility index (Phi) is 6.36. The zero-order valence-electron chi connectivity index (χ0n) is 17.9. The van der Waals surface area contributed by atoms with Crippen molar-refractivity contribution in [1.82, 2.24) is 10.1 Å². The lowest BCUT2D eigenvalue weighted by Gasteiger charge is -2.29. The molecule has 9 heteroatoms. The number of amides is 1. The van der Waals surface area contributed by atoms with Gasteiger partial charge in [0.2, 0.25) is 6.10 Å². The highest BCUT2D eigenvalue weighted by Gasteiger charge is 2.38. The molecule has 2 atom stereocenters. The van der Waals surface area contributed by atoms with Crippen molar-refractivity contribution in [3.05, 3.63) is 40.2 Å². The molecule has 2 aliphatic heterocycles. The Hall–Kier alpha value is -2.74. The summed E-state index contributed by atoms with van der Waals surface area (Å²) in [6.07, 6.45) is 3.51. The number of aromatic nitrogens is 1. The first-order valence-electron chi connectivity index (χ1n) is 10.4. The molecule has 1 fully saturated rings. The fraction of sp³-hybridized carbons (Fsp3) is 0.500. The van der Waals surface area contributed by atoms with Gasteiger partial charge < -0.3 is 23.7 Å². The highest BCUT2D eigenvalue weighted by molar-refractivity contribution is 6.32. The van der Waals surface area contributed by atoms with Gasteiger partial charge in [-0.15, -0.1) is 0 Å². The molecule has 0 bridgehead atoms. The van der Waals surface area contributed by atoms with Crippen LogP contribution >= 0.6 is 11.6 Å². The molecule has 1 aromatic carbocycles. The van der Waals surface area contributed by atoms with Gasteiger partial charge in [-0.3, -0.25) is 4.79 Å². The third-order valence-electron chi connectivity index (χ3n) is 5.74. The number of hydrogen-bond acceptors (Lipinski definition) is 7. The van der Waals surface area contributed by atoms with Crippen molar-refractivity contribution in [2.45, 2.75) is 51.2 Å². The zero-order valence-corrected chi connectivity index (χ0v) is 18.6. The summed E-state index contributed by atoms with van der Waals surface area (Å²) in [4.78, 5) is 20.9. The third kappa shape index (κ3) is 4.35. The topological polar surface area (TPSA) is 86.4 Å². The van der Waals surface area contributed by atoms with Crippen molar-refractivity contribution >= 4 is 23.2 Å². The first-order valence-corrected chi connectivity index (χ1v) is 10.8. The lowest BCUT2D eigenvalue weighted by atomic mass is 10.0. The first kappa shape index (κ1) is 21.5. The molecule has 3 heterocycles. The maximum Gasteiger partial charge on any atom is 0.267 e. The van der Waals surface area contributed by atoms with Crippen LogP contribution in [0.3, 0.4) is 0 Å². The smallest absolute Gasteiger partial charge is 0.267 e. The Morgan fingerprint density at radius 2 is 1.97 bits per heavy atom. The normalized spacial score (nSPS) is 21.3. The van der Waals surface area contributed by atoms with Gasteiger partial charge in [0.15, 0.2) is 5.76 Å². The monoisotopic (exact) mass is 447 g/mol. The summed E-state index contributed by atoms with van der Waals surface area (Å²) in [6.45, 7) is 2.53. The van der Waals surface area contributed by atoms with E-state index in [1.165, 1.54) is 0 Å². The zero-order chi connectivity index (χ0) is 22.0. The van der Waals surface area contributed by atoms with Crippen LogP contribution in [-0.4, -0.2) is 48.5 Å². The summed E-state index contributed by atoms with van der Waals surface area (Å²) in [5, 5.41) is 8.63.